The average Bonchev–Trinajstić information content (AvgIpc) is 3.12. The van der Waals surface area contributed by atoms with Crippen LogP contribution in [0.3, 0.4) is 0 Å². The Bertz CT molecular complexity index is 954. The maximum absolute atomic E-state index is 13.6. The second-order valence-corrected chi connectivity index (χ2v) is 5.91. The van der Waals surface area contributed by atoms with Gasteiger partial charge in [-0.25, -0.2) is 9.37 Å². The van der Waals surface area contributed by atoms with Gasteiger partial charge >= 0.3 is 0 Å². The lowest BCUT2D eigenvalue weighted by Crippen LogP contribution is -2.13. The summed E-state index contributed by atoms with van der Waals surface area (Å²) in [6, 6.07) is 13.5. The summed E-state index contributed by atoms with van der Waals surface area (Å²) in [6.45, 7) is 1.28. The van der Waals surface area contributed by atoms with Gasteiger partial charge in [0.2, 0.25) is 11.8 Å². The Morgan fingerprint density at radius 3 is 2.63 bits per heavy atom. The van der Waals surface area contributed by atoms with Crippen molar-refractivity contribution in [3.63, 3.8) is 0 Å². The summed E-state index contributed by atoms with van der Waals surface area (Å²) in [5, 5.41) is 5.04. The molecule has 3 aromatic rings. The molecule has 0 unspecified atom stereocenters. The summed E-state index contributed by atoms with van der Waals surface area (Å²) < 4.78 is 19.3. The predicted molar refractivity (Wildman–Crippen MR) is 99.6 cm³/mol. The third kappa shape index (κ3) is 5.01. The van der Waals surface area contributed by atoms with Gasteiger partial charge in [-0.3, -0.25) is 9.59 Å². The number of oxazole rings is 1. The minimum atomic E-state index is -0.573. The Balaban J connectivity index is 1.57. The third-order valence-electron chi connectivity index (χ3n) is 3.74. The van der Waals surface area contributed by atoms with Gasteiger partial charge in [0.1, 0.15) is 5.82 Å². The number of halogens is 1. The zero-order chi connectivity index (χ0) is 19.2. The van der Waals surface area contributed by atoms with Crippen LogP contribution in [-0.4, -0.2) is 16.8 Å². The van der Waals surface area contributed by atoms with Gasteiger partial charge < -0.3 is 15.1 Å². The molecule has 0 aliphatic rings. The molecule has 0 spiro atoms. The largest absolute Gasteiger partial charge is 0.441 e. The molecule has 138 valence electrons. The number of aromatic nitrogens is 1. The molecular weight excluding hydrogens is 349 g/mol. The fourth-order valence-electron chi connectivity index (χ4n) is 2.49. The van der Waals surface area contributed by atoms with Crippen LogP contribution < -0.4 is 10.6 Å². The van der Waals surface area contributed by atoms with Gasteiger partial charge in [-0.05, 0) is 18.2 Å². The Morgan fingerprint density at radius 2 is 1.89 bits per heavy atom. The molecule has 2 amide bonds. The topological polar surface area (TPSA) is 84.2 Å². The van der Waals surface area contributed by atoms with Crippen molar-refractivity contribution in [2.24, 2.45) is 0 Å². The average molecular weight is 367 g/mol. The molecule has 0 saturated heterocycles. The van der Waals surface area contributed by atoms with Gasteiger partial charge in [0, 0.05) is 31.0 Å². The van der Waals surface area contributed by atoms with Crippen LogP contribution in [0.1, 0.15) is 19.2 Å². The first-order valence-electron chi connectivity index (χ1n) is 8.38. The highest BCUT2D eigenvalue weighted by atomic mass is 19.1. The normalized spacial score (nSPS) is 10.4. The first kappa shape index (κ1) is 18.3. The fraction of sp³-hybridized carbons (Fsp3) is 0.150. The van der Waals surface area contributed by atoms with Crippen molar-refractivity contribution in [2.45, 2.75) is 19.8 Å². The zero-order valence-electron chi connectivity index (χ0n) is 14.7. The van der Waals surface area contributed by atoms with E-state index < -0.39 is 11.7 Å². The van der Waals surface area contributed by atoms with Crippen molar-refractivity contribution in [3.8, 4) is 11.3 Å². The molecule has 3 rings (SSSR count). The second-order valence-electron chi connectivity index (χ2n) is 5.91. The lowest BCUT2D eigenvalue weighted by atomic mass is 10.2. The Kier molecular flexibility index (Phi) is 5.61. The van der Waals surface area contributed by atoms with Crippen LogP contribution in [-0.2, 0) is 16.0 Å². The molecule has 1 heterocycles. The number of hydrogen-bond acceptors (Lipinski definition) is 4. The van der Waals surface area contributed by atoms with Crippen LogP contribution in [0.25, 0.3) is 11.3 Å². The standard InChI is InChI=1S/C20H18FN3O3/c1-13(25)23-17-11-15(7-8-16(17)21)24-19(26)9-10-20-22-12-18(27-20)14-5-3-2-4-6-14/h2-8,11-12H,9-10H2,1H3,(H,23,25)(H,24,26). The number of benzene rings is 2. The van der Waals surface area contributed by atoms with Crippen molar-refractivity contribution < 1.29 is 18.4 Å². The van der Waals surface area contributed by atoms with E-state index in [0.717, 1.165) is 5.56 Å². The lowest BCUT2D eigenvalue weighted by Gasteiger charge is -2.08. The van der Waals surface area contributed by atoms with Crippen molar-refractivity contribution >= 4 is 23.2 Å². The van der Waals surface area contributed by atoms with E-state index in [4.69, 9.17) is 4.42 Å². The number of carbonyl (C=O) groups is 2. The van der Waals surface area contributed by atoms with Crippen LogP contribution in [0.15, 0.2) is 59.1 Å². The smallest absolute Gasteiger partial charge is 0.224 e. The van der Waals surface area contributed by atoms with Crippen molar-refractivity contribution in [1.29, 1.82) is 0 Å². The number of nitrogens with zero attached hydrogens (tertiary/aromatic N) is 1. The summed E-state index contributed by atoms with van der Waals surface area (Å²) in [5.41, 5.74) is 1.32. The number of rotatable bonds is 6. The SMILES string of the molecule is CC(=O)Nc1cc(NC(=O)CCc2ncc(-c3ccccc3)o2)ccc1F. The maximum atomic E-state index is 13.6. The number of nitrogens with one attached hydrogen (secondary N) is 2. The first-order valence-corrected chi connectivity index (χ1v) is 8.38. The molecule has 0 fully saturated rings. The molecule has 6 nitrogen and oxygen atoms in total. The second kappa shape index (κ2) is 8.27. The van der Waals surface area contributed by atoms with Gasteiger partial charge in [-0.2, -0.15) is 0 Å². The van der Waals surface area contributed by atoms with Crippen molar-refractivity contribution in [3.05, 3.63) is 66.4 Å². The molecule has 1 aromatic heterocycles. The van der Waals surface area contributed by atoms with E-state index in [-0.39, 0.29) is 18.0 Å². The number of anilines is 2. The zero-order valence-corrected chi connectivity index (χ0v) is 14.7. The van der Waals surface area contributed by atoms with Gasteiger partial charge in [-0.15, -0.1) is 0 Å². The van der Waals surface area contributed by atoms with Crippen LogP contribution in [0.2, 0.25) is 0 Å². The van der Waals surface area contributed by atoms with Crippen LogP contribution >= 0.6 is 0 Å². The van der Waals surface area contributed by atoms with E-state index >= 15 is 0 Å². The minimum absolute atomic E-state index is 0.0144. The quantitative estimate of drug-likeness (QED) is 0.689. The molecule has 0 radical (unpaired) electrons. The van der Waals surface area contributed by atoms with Crippen LogP contribution in [0, 0.1) is 5.82 Å². The van der Waals surface area contributed by atoms with Gasteiger partial charge in [0.05, 0.1) is 11.9 Å². The molecule has 0 aliphatic carbocycles. The van der Waals surface area contributed by atoms with Gasteiger partial charge in [-0.1, -0.05) is 30.3 Å². The molecule has 0 bridgehead atoms. The Hall–Kier alpha value is -3.48. The van der Waals surface area contributed by atoms with Gasteiger partial charge in [0.15, 0.2) is 11.7 Å². The minimum Gasteiger partial charge on any atom is -0.441 e. The summed E-state index contributed by atoms with van der Waals surface area (Å²) >= 11 is 0. The lowest BCUT2D eigenvalue weighted by molar-refractivity contribution is -0.116. The number of aryl methyl sites for hydroxylation is 1. The van der Waals surface area contributed by atoms with E-state index in [1.807, 2.05) is 30.3 Å². The summed E-state index contributed by atoms with van der Waals surface area (Å²) in [4.78, 5) is 27.4. The molecule has 7 heteroatoms. The molecule has 27 heavy (non-hydrogen) atoms. The monoisotopic (exact) mass is 367 g/mol. The molecule has 2 aromatic carbocycles. The molecule has 0 atom stereocenters. The number of hydrogen-bond donors (Lipinski definition) is 2. The highest BCUT2D eigenvalue weighted by molar-refractivity contribution is 5.93. The van der Waals surface area contributed by atoms with E-state index in [2.05, 4.69) is 15.6 Å². The third-order valence-corrected chi connectivity index (χ3v) is 3.74. The molecule has 2 N–H and O–H groups in total. The summed E-state index contributed by atoms with van der Waals surface area (Å²) in [6.07, 6.45) is 2.11. The summed E-state index contributed by atoms with van der Waals surface area (Å²) in [5.74, 6) is -0.131. The predicted octanol–water partition coefficient (Wildman–Crippen LogP) is 4.01. The van der Waals surface area contributed by atoms with Crippen molar-refractivity contribution in [1.82, 2.24) is 4.98 Å². The van der Waals surface area contributed by atoms with Crippen molar-refractivity contribution in [2.75, 3.05) is 10.6 Å². The molecule has 0 saturated carbocycles. The van der Waals surface area contributed by atoms with E-state index in [1.165, 1.54) is 25.1 Å². The Morgan fingerprint density at radius 1 is 1.11 bits per heavy atom. The highest BCUT2D eigenvalue weighted by Crippen LogP contribution is 2.21. The highest BCUT2D eigenvalue weighted by Gasteiger charge is 2.11. The summed E-state index contributed by atoms with van der Waals surface area (Å²) in [7, 11) is 0. The van der Waals surface area contributed by atoms with E-state index in [9.17, 15) is 14.0 Å². The van der Waals surface area contributed by atoms with E-state index in [1.54, 1.807) is 6.20 Å². The number of amides is 2. The van der Waals surface area contributed by atoms with E-state index in [0.29, 0.717) is 23.8 Å². The van der Waals surface area contributed by atoms with Gasteiger partial charge in [0.25, 0.3) is 0 Å². The molecular formula is C20H18FN3O3. The number of carbonyl (C=O) groups excluding carboxylic acids is 2. The Labute approximate surface area is 155 Å². The molecule has 0 aliphatic heterocycles. The van der Waals surface area contributed by atoms with Crippen LogP contribution in [0.5, 0.6) is 0 Å². The fourth-order valence-corrected chi connectivity index (χ4v) is 2.49. The maximum Gasteiger partial charge on any atom is 0.224 e. The van der Waals surface area contributed by atoms with Crippen LogP contribution in [0.4, 0.5) is 15.8 Å². The first-order chi connectivity index (χ1) is 13.0.